The molecular formula is C15H19BrN2O2S. The highest BCUT2D eigenvalue weighted by molar-refractivity contribution is 9.10. The fourth-order valence-electron chi connectivity index (χ4n) is 2.02. The van der Waals surface area contributed by atoms with Crippen LogP contribution in [-0.4, -0.2) is 31.9 Å². The van der Waals surface area contributed by atoms with Crippen LogP contribution in [0, 0.1) is 12.3 Å². The predicted molar refractivity (Wildman–Crippen MR) is 87.3 cm³/mol. The minimum absolute atomic E-state index is 0.0796. The summed E-state index contributed by atoms with van der Waals surface area (Å²) in [6, 6.07) is 5.96. The van der Waals surface area contributed by atoms with E-state index in [1.54, 1.807) is 13.0 Å². The lowest BCUT2D eigenvalue weighted by molar-refractivity contribution is 0.463. The number of nitrogens with zero attached hydrogens (tertiary/aromatic N) is 1. The SMILES string of the molecule is C#CCN(CC)S(=O)(=O)c1ccc(CNC2CC2)cc1Br. The molecule has 114 valence electrons. The summed E-state index contributed by atoms with van der Waals surface area (Å²) >= 11 is 3.37. The molecule has 4 nitrogen and oxygen atoms in total. The number of hydrogen-bond donors (Lipinski definition) is 1. The van der Waals surface area contributed by atoms with E-state index >= 15 is 0 Å². The molecule has 1 aromatic rings. The standard InChI is InChI=1S/C15H19BrN2O2S/c1-3-9-18(4-2)21(19,20)15-8-5-12(10-14(15)16)11-17-13-6-7-13/h1,5,8,10,13,17H,4,6-7,9,11H2,2H3. The van der Waals surface area contributed by atoms with Gasteiger partial charge >= 0.3 is 0 Å². The van der Waals surface area contributed by atoms with Gasteiger partial charge in [0.2, 0.25) is 10.0 Å². The fraction of sp³-hybridized carbons (Fsp3) is 0.467. The minimum atomic E-state index is -3.56. The molecule has 21 heavy (non-hydrogen) atoms. The van der Waals surface area contributed by atoms with E-state index in [2.05, 4.69) is 27.2 Å². The Morgan fingerprint density at radius 3 is 2.71 bits per heavy atom. The zero-order valence-electron chi connectivity index (χ0n) is 12.0. The molecule has 1 aliphatic rings. The van der Waals surface area contributed by atoms with E-state index in [-0.39, 0.29) is 11.4 Å². The molecular weight excluding hydrogens is 352 g/mol. The van der Waals surface area contributed by atoms with E-state index in [9.17, 15) is 8.42 Å². The summed E-state index contributed by atoms with van der Waals surface area (Å²) in [6.45, 7) is 2.96. The van der Waals surface area contributed by atoms with Gasteiger partial charge in [-0.3, -0.25) is 0 Å². The van der Waals surface area contributed by atoms with Crippen LogP contribution >= 0.6 is 15.9 Å². The maximum absolute atomic E-state index is 12.5. The van der Waals surface area contributed by atoms with Gasteiger partial charge in [0.25, 0.3) is 0 Å². The van der Waals surface area contributed by atoms with Crippen LogP contribution in [0.2, 0.25) is 0 Å². The van der Waals surface area contributed by atoms with Crippen molar-refractivity contribution >= 4 is 26.0 Å². The van der Waals surface area contributed by atoms with E-state index in [1.807, 2.05) is 12.1 Å². The third kappa shape index (κ3) is 4.07. The Morgan fingerprint density at radius 2 is 2.19 bits per heavy atom. The Balaban J connectivity index is 2.20. The largest absolute Gasteiger partial charge is 0.310 e. The number of rotatable bonds is 7. The van der Waals surface area contributed by atoms with Gasteiger partial charge in [0.15, 0.2) is 0 Å². The summed E-state index contributed by atoms with van der Waals surface area (Å²) in [5, 5.41) is 3.41. The number of nitrogens with one attached hydrogen (secondary N) is 1. The van der Waals surface area contributed by atoms with Gasteiger partial charge in [0, 0.05) is 23.6 Å². The van der Waals surface area contributed by atoms with E-state index < -0.39 is 10.0 Å². The van der Waals surface area contributed by atoms with Crippen molar-refractivity contribution in [2.75, 3.05) is 13.1 Å². The molecule has 1 fully saturated rings. The number of hydrogen-bond acceptors (Lipinski definition) is 3. The van der Waals surface area contributed by atoms with Gasteiger partial charge in [-0.05, 0) is 46.5 Å². The van der Waals surface area contributed by atoms with Crippen LogP contribution in [0.5, 0.6) is 0 Å². The average molecular weight is 371 g/mol. The third-order valence-electron chi connectivity index (χ3n) is 3.41. The lowest BCUT2D eigenvalue weighted by Crippen LogP contribution is -2.31. The highest BCUT2D eigenvalue weighted by Crippen LogP contribution is 2.27. The Morgan fingerprint density at radius 1 is 1.48 bits per heavy atom. The Kier molecular flexibility index (Phi) is 5.44. The van der Waals surface area contributed by atoms with E-state index in [4.69, 9.17) is 6.42 Å². The molecule has 0 atom stereocenters. The second kappa shape index (κ2) is 6.93. The molecule has 0 heterocycles. The molecule has 1 aromatic carbocycles. The average Bonchev–Trinajstić information content (AvgIpc) is 3.26. The molecule has 0 saturated heterocycles. The molecule has 0 aliphatic heterocycles. The van der Waals surface area contributed by atoms with Crippen molar-refractivity contribution in [1.29, 1.82) is 0 Å². The van der Waals surface area contributed by atoms with E-state index in [1.165, 1.54) is 17.1 Å². The number of terminal acetylenes is 1. The van der Waals surface area contributed by atoms with Gasteiger partial charge in [0.1, 0.15) is 0 Å². The maximum Gasteiger partial charge on any atom is 0.245 e. The van der Waals surface area contributed by atoms with Crippen molar-refractivity contribution in [1.82, 2.24) is 9.62 Å². The molecule has 0 aromatic heterocycles. The van der Waals surface area contributed by atoms with Crippen molar-refractivity contribution in [3.63, 3.8) is 0 Å². The summed E-state index contributed by atoms with van der Waals surface area (Å²) in [7, 11) is -3.56. The molecule has 2 rings (SSSR count). The highest BCUT2D eigenvalue weighted by atomic mass is 79.9. The summed E-state index contributed by atoms with van der Waals surface area (Å²) < 4.78 is 27.0. The van der Waals surface area contributed by atoms with Crippen molar-refractivity contribution in [2.24, 2.45) is 0 Å². The third-order valence-corrected chi connectivity index (χ3v) is 6.30. The lowest BCUT2D eigenvalue weighted by Gasteiger charge is -2.19. The van der Waals surface area contributed by atoms with Gasteiger partial charge in [-0.2, -0.15) is 4.31 Å². The molecule has 1 N–H and O–H groups in total. The van der Waals surface area contributed by atoms with Crippen LogP contribution < -0.4 is 5.32 Å². The van der Waals surface area contributed by atoms with Crippen molar-refractivity contribution in [3.8, 4) is 12.3 Å². The van der Waals surface area contributed by atoms with Gasteiger partial charge in [-0.25, -0.2) is 8.42 Å². The van der Waals surface area contributed by atoms with Crippen molar-refractivity contribution < 1.29 is 8.42 Å². The number of benzene rings is 1. The lowest BCUT2D eigenvalue weighted by atomic mass is 10.2. The molecule has 1 saturated carbocycles. The molecule has 6 heteroatoms. The first kappa shape index (κ1) is 16.5. The Hall–Kier alpha value is -0.870. The predicted octanol–water partition coefficient (Wildman–Crippen LogP) is 2.34. The smallest absolute Gasteiger partial charge is 0.245 e. The second-order valence-electron chi connectivity index (χ2n) is 5.06. The number of halogens is 1. The summed E-state index contributed by atoms with van der Waals surface area (Å²) in [6.07, 6.45) is 7.69. The molecule has 0 amide bonds. The van der Waals surface area contributed by atoms with Crippen LogP contribution in [-0.2, 0) is 16.6 Å². The first-order chi connectivity index (χ1) is 9.98. The van der Waals surface area contributed by atoms with E-state index in [0.29, 0.717) is 17.1 Å². The number of sulfonamides is 1. The zero-order chi connectivity index (χ0) is 15.5. The van der Waals surface area contributed by atoms with Crippen molar-refractivity contribution in [2.45, 2.75) is 37.2 Å². The minimum Gasteiger partial charge on any atom is -0.310 e. The normalized spacial score (nSPS) is 15.1. The fourth-order valence-corrected chi connectivity index (χ4v) is 4.47. The Bertz CT molecular complexity index is 648. The van der Waals surface area contributed by atoms with Gasteiger partial charge in [-0.1, -0.05) is 18.9 Å². The summed E-state index contributed by atoms with van der Waals surface area (Å²) in [5.74, 6) is 2.39. The van der Waals surface area contributed by atoms with Gasteiger partial charge in [0.05, 0.1) is 11.4 Å². The van der Waals surface area contributed by atoms with Crippen LogP contribution in [0.1, 0.15) is 25.3 Å². The first-order valence-electron chi connectivity index (χ1n) is 6.94. The van der Waals surface area contributed by atoms with Crippen LogP contribution in [0.15, 0.2) is 27.6 Å². The molecule has 0 spiro atoms. The van der Waals surface area contributed by atoms with Crippen LogP contribution in [0.25, 0.3) is 0 Å². The molecule has 0 bridgehead atoms. The van der Waals surface area contributed by atoms with Crippen molar-refractivity contribution in [3.05, 3.63) is 28.2 Å². The van der Waals surface area contributed by atoms with Gasteiger partial charge in [-0.15, -0.1) is 6.42 Å². The highest BCUT2D eigenvalue weighted by Gasteiger charge is 2.25. The zero-order valence-corrected chi connectivity index (χ0v) is 14.4. The van der Waals surface area contributed by atoms with Crippen LogP contribution in [0.4, 0.5) is 0 Å². The second-order valence-corrected chi connectivity index (χ2v) is 7.82. The quantitative estimate of drug-likeness (QED) is 0.749. The summed E-state index contributed by atoms with van der Waals surface area (Å²) in [4.78, 5) is 0.259. The molecule has 0 unspecified atom stereocenters. The maximum atomic E-state index is 12.5. The first-order valence-corrected chi connectivity index (χ1v) is 9.17. The molecule has 1 aliphatic carbocycles. The monoisotopic (exact) mass is 370 g/mol. The molecule has 0 radical (unpaired) electrons. The van der Waals surface area contributed by atoms with Gasteiger partial charge < -0.3 is 5.32 Å². The Labute approximate surface area is 135 Å². The van der Waals surface area contributed by atoms with Crippen LogP contribution in [0.3, 0.4) is 0 Å². The van der Waals surface area contributed by atoms with E-state index in [0.717, 1.165) is 12.1 Å². The topological polar surface area (TPSA) is 49.4 Å². The summed E-state index contributed by atoms with van der Waals surface area (Å²) in [5.41, 5.74) is 1.06.